The molecule has 0 unspecified atom stereocenters. The van der Waals surface area contributed by atoms with Crippen molar-refractivity contribution in [1.29, 1.82) is 0 Å². The number of amides is 1. The van der Waals surface area contributed by atoms with Crippen LogP contribution in [-0.4, -0.2) is 30.3 Å². The molecule has 3 N–H and O–H groups in total. The summed E-state index contributed by atoms with van der Waals surface area (Å²) in [6, 6.07) is 9.07. The van der Waals surface area contributed by atoms with Crippen molar-refractivity contribution < 1.29 is 19.4 Å². The number of benzene rings is 1. The van der Waals surface area contributed by atoms with Gasteiger partial charge >= 0.3 is 12.1 Å². The lowest BCUT2D eigenvalue weighted by Crippen LogP contribution is -2.43. The summed E-state index contributed by atoms with van der Waals surface area (Å²) in [5, 5.41) is 14.6. The first-order valence-corrected chi connectivity index (χ1v) is 7.43. The summed E-state index contributed by atoms with van der Waals surface area (Å²) in [6.45, 7) is 5.96. The molecule has 0 fully saturated rings. The van der Waals surface area contributed by atoms with Crippen LogP contribution in [0, 0.1) is 5.92 Å². The summed E-state index contributed by atoms with van der Waals surface area (Å²) < 4.78 is 4.83. The standard InChI is InChI=1S/C17H24N2O4/c1-11(2)15(19-17(21)22)14(16(20)23-4)12(3)18-10-13-8-6-5-7-9-13/h5-9,11,15,18-19H,10H2,1-4H3,(H,21,22)/t15-/m0/s1. The van der Waals surface area contributed by atoms with E-state index in [2.05, 4.69) is 10.6 Å². The maximum atomic E-state index is 12.1. The number of hydrogen-bond donors (Lipinski definition) is 3. The van der Waals surface area contributed by atoms with Crippen molar-refractivity contribution >= 4 is 12.1 Å². The second-order valence-electron chi connectivity index (χ2n) is 5.54. The second-order valence-corrected chi connectivity index (χ2v) is 5.54. The zero-order valence-corrected chi connectivity index (χ0v) is 13.9. The van der Waals surface area contributed by atoms with Gasteiger partial charge in [-0.15, -0.1) is 0 Å². The Hall–Kier alpha value is -2.50. The molecule has 0 aliphatic heterocycles. The number of methoxy groups -OCH3 is 1. The monoisotopic (exact) mass is 320 g/mol. The highest BCUT2D eigenvalue weighted by Crippen LogP contribution is 2.17. The Kier molecular flexibility index (Phi) is 7.12. The zero-order chi connectivity index (χ0) is 17.4. The van der Waals surface area contributed by atoms with Gasteiger partial charge in [-0.25, -0.2) is 9.59 Å². The topological polar surface area (TPSA) is 87.7 Å². The molecule has 0 saturated carbocycles. The number of allylic oxidation sites excluding steroid dienone is 1. The lowest BCUT2D eigenvalue weighted by Gasteiger charge is -2.25. The molecule has 0 heterocycles. The number of nitrogens with one attached hydrogen (secondary N) is 2. The fourth-order valence-corrected chi connectivity index (χ4v) is 2.25. The number of hydrogen-bond acceptors (Lipinski definition) is 4. The Morgan fingerprint density at radius 3 is 2.30 bits per heavy atom. The van der Waals surface area contributed by atoms with E-state index in [-0.39, 0.29) is 5.92 Å². The minimum atomic E-state index is -1.18. The van der Waals surface area contributed by atoms with Gasteiger partial charge in [-0.2, -0.15) is 0 Å². The molecular weight excluding hydrogens is 296 g/mol. The molecule has 1 aromatic carbocycles. The fraction of sp³-hybridized carbons (Fsp3) is 0.412. The molecule has 0 radical (unpaired) electrons. The Balaban J connectivity index is 3.05. The molecule has 0 saturated heterocycles. The molecular formula is C17H24N2O4. The first kappa shape index (κ1) is 18.5. The Morgan fingerprint density at radius 1 is 1.22 bits per heavy atom. The van der Waals surface area contributed by atoms with Crippen molar-refractivity contribution in [2.24, 2.45) is 5.92 Å². The average Bonchev–Trinajstić information content (AvgIpc) is 2.52. The van der Waals surface area contributed by atoms with E-state index in [1.807, 2.05) is 44.2 Å². The van der Waals surface area contributed by atoms with Gasteiger partial charge in [0.1, 0.15) is 0 Å². The number of carbonyl (C=O) groups excluding carboxylic acids is 1. The van der Waals surface area contributed by atoms with Gasteiger partial charge in [-0.05, 0) is 18.4 Å². The molecule has 1 amide bonds. The van der Waals surface area contributed by atoms with E-state index in [9.17, 15) is 9.59 Å². The maximum absolute atomic E-state index is 12.1. The van der Waals surface area contributed by atoms with Gasteiger partial charge in [0.2, 0.25) is 0 Å². The second kappa shape index (κ2) is 8.82. The van der Waals surface area contributed by atoms with Crippen LogP contribution < -0.4 is 10.6 Å². The molecule has 1 atom stereocenters. The highest BCUT2D eigenvalue weighted by molar-refractivity contribution is 5.91. The molecule has 1 rings (SSSR count). The molecule has 0 aliphatic carbocycles. The van der Waals surface area contributed by atoms with Crippen molar-refractivity contribution in [3.63, 3.8) is 0 Å². The summed E-state index contributed by atoms with van der Waals surface area (Å²) in [4.78, 5) is 23.2. The van der Waals surface area contributed by atoms with Crippen LogP contribution in [0.5, 0.6) is 0 Å². The van der Waals surface area contributed by atoms with Crippen LogP contribution in [-0.2, 0) is 16.1 Å². The minimum absolute atomic E-state index is 0.103. The minimum Gasteiger partial charge on any atom is -0.466 e. The Labute approximate surface area is 136 Å². The van der Waals surface area contributed by atoms with E-state index in [1.165, 1.54) is 7.11 Å². The normalized spacial score (nSPS) is 13.1. The summed E-state index contributed by atoms with van der Waals surface area (Å²) in [5.74, 6) is -0.649. The molecule has 0 aliphatic rings. The number of esters is 1. The van der Waals surface area contributed by atoms with Crippen LogP contribution in [0.2, 0.25) is 0 Å². The smallest absolute Gasteiger partial charge is 0.405 e. The highest BCUT2D eigenvalue weighted by atomic mass is 16.5. The van der Waals surface area contributed by atoms with E-state index in [0.717, 1.165) is 5.56 Å². The van der Waals surface area contributed by atoms with Gasteiger partial charge in [-0.1, -0.05) is 44.2 Å². The van der Waals surface area contributed by atoms with Crippen molar-refractivity contribution in [2.45, 2.75) is 33.4 Å². The van der Waals surface area contributed by atoms with E-state index in [0.29, 0.717) is 17.8 Å². The Bertz CT molecular complexity index is 567. The summed E-state index contributed by atoms with van der Waals surface area (Å²) in [7, 11) is 1.28. The van der Waals surface area contributed by atoms with Crippen molar-refractivity contribution in [2.75, 3.05) is 7.11 Å². The van der Waals surface area contributed by atoms with Gasteiger partial charge in [0.25, 0.3) is 0 Å². The van der Waals surface area contributed by atoms with Gasteiger partial charge in [0.05, 0.1) is 18.7 Å². The first-order valence-electron chi connectivity index (χ1n) is 7.43. The van der Waals surface area contributed by atoms with E-state index >= 15 is 0 Å². The molecule has 6 heteroatoms. The summed E-state index contributed by atoms with van der Waals surface area (Å²) >= 11 is 0. The van der Waals surface area contributed by atoms with Gasteiger partial charge in [0.15, 0.2) is 0 Å². The van der Waals surface area contributed by atoms with Crippen LogP contribution in [0.1, 0.15) is 26.3 Å². The van der Waals surface area contributed by atoms with Crippen LogP contribution in [0.25, 0.3) is 0 Å². The SMILES string of the molecule is COC(=O)C(=C(C)NCc1ccccc1)[C@@H](NC(=O)O)C(C)C. The zero-order valence-electron chi connectivity index (χ0n) is 13.9. The highest BCUT2D eigenvalue weighted by Gasteiger charge is 2.28. The Morgan fingerprint density at radius 2 is 1.83 bits per heavy atom. The summed E-state index contributed by atoms with van der Waals surface area (Å²) in [5.41, 5.74) is 1.94. The largest absolute Gasteiger partial charge is 0.466 e. The quantitative estimate of drug-likeness (QED) is 0.531. The number of carbonyl (C=O) groups is 2. The molecule has 0 aromatic heterocycles. The van der Waals surface area contributed by atoms with Crippen LogP contribution in [0.3, 0.4) is 0 Å². The van der Waals surface area contributed by atoms with Crippen molar-refractivity contribution in [1.82, 2.24) is 10.6 Å². The van der Waals surface area contributed by atoms with E-state index in [1.54, 1.807) is 6.92 Å². The predicted octanol–water partition coefficient (Wildman–Crippen LogP) is 2.52. The average molecular weight is 320 g/mol. The van der Waals surface area contributed by atoms with E-state index < -0.39 is 18.1 Å². The van der Waals surface area contributed by atoms with E-state index in [4.69, 9.17) is 9.84 Å². The van der Waals surface area contributed by atoms with Crippen LogP contribution in [0.4, 0.5) is 4.79 Å². The van der Waals surface area contributed by atoms with Crippen molar-refractivity contribution in [3.8, 4) is 0 Å². The summed E-state index contributed by atoms with van der Waals surface area (Å²) in [6.07, 6.45) is -1.18. The lowest BCUT2D eigenvalue weighted by molar-refractivity contribution is -0.136. The molecule has 1 aromatic rings. The number of ether oxygens (including phenoxy) is 1. The lowest BCUT2D eigenvalue weighted by atomic mass is 9.94. The van der Waals surface area contributed by atoms with Crippen LogP contribution >= 0.6 is 0 Å². The number of rotatable bonds is 7. The third-order valence-corrected chi connectivity index (χ3v) is 3.47. The fourth-order valence-electron chi connectivity index (χ4n) is 2.25. The van der Waals surface area contributed by atoms with Gasteiger partial charge in [0, 0.05) is 12.2 Å². The third kappa shape index (κ3) is 5.65. The van der Waals surface area contributed by atoms with Gasteiger partial charge in [-0.3, -0.25) is 0 Å². The number of carboxylic acid groups (broad SMARTS) is 1. The molecule has 0 spiro atoms. The third-order valence-electron chi connectivity index (χ3n) is 3.47. The van der Waals surface area contributed by atoms with Crippen molar-refractivity contribution in [3.05, 3.63) is 47.2 Å². The van der Waals surface area contributed by atoms with Crippen LogP contribution in [0.15, 0.2) is 41.6 Å². The maximum Gasteiger partial charge on any atom is 0.405 e. The first-order chi connectivity index (χ1) is 10.9. The molecule has 6 nitrogen and oxygen atoms in total. The molecule has 0 bridgehead atoms. The predicted molar refractivity (Wildman–Crippen MR) is 87.8 cm³/mol. The molecule has 23 heavy (non-hydrogen) atoms. The molecule has 126 valence electrons. The van der Waals surface area contributed by atoms with Gasteiger partial charge < -0.3 is 20.5 Å².